The number of aryl methyl sites for hydroxylation is 1. The number of hydrogen-bond donors (Lipinski definition) is 1. The molecular formula is C16H32IN5. The Hall–Kier alpha value is -0.790. The average molecular weight is 421 g/mol. The molecule has 0 spiro atoms. The summed E-state index contributed by atoms with van der Waals surface area (Å²) in [6, 6.07) is 0. The van der Waals surface area contributed by atoms with Gasteiger partial charge in [0.1, 0.15) is 0 Å². The van der Waals surface area contributed by atoms with Crippen LogP contribution in [-0.2, 0) is 13.6 Å². The van der Waals surface area contributed by atoms with E-state index in [9.17, 15) is 0 Å². The smallest absolute Gasteiger partial charge is 0.193 e. The van der Waals surface area contributed by atoms with Crippen molar-refractivity contribution >= 4 is 29.9 Å². The molecule has 0 radical (unpaired) electrons. The van der Waals surface area contributed by atoms with Gasteiger partial charge < -0.3 is 10.2 Å². The maximum absolute atomic E-state index is 4.69. The molecule has 128 valence electrons. The van der Waals surface area contributed by atoms with Crippen molar-refractivity contribution in [1.29, 1.82) is 0 Å². The summed E-state index contributed by atoms with van der Waals surface area (Å²) in [5, 5.41) is 7.93. The standard InChI is InChI=1S/C16H31N5.HI/c1-8-17-16(18-9-12(2)3)20(6)10-14-11-21(7)19-15(14)13(4)5;/h11-13H,8-10H2,1-7H3,(H,17,18);1H. The minimum atomic E-state index is 0. The Morgan fingerprint density at radius 1 is 1.36 bits per heavy atom. The van der Waals surface area contributed by atoms with Gasteiger partial charge in [0, 0.05) is 45.5 Å². The number of aromatic nitrogens is 2. The highest BCUT2D eigenvalue weighted by molar-refractivity contribution is 14.0. The molecule has 1 aromatic heterocycles. The van der Waals surface area contributed by atoms with Gasteiger partial charge in [-0.3, -0.25) is 9.67 Å². The first-order valence-corrected chi connectivity index (χ1v) is 7.87. The molecule has 0 unspecified atom stereocenters. The molecule has 0 saturated heterocycles. The van der Waals surface area contributed by atoms with Crippen LogP contribution in [0.4, 0.5) is 0 Å². The fraction of sp³-hybridized carbons (Fsp3) is 0.750. The molecule has 1 aromatic rings. The lowest BCUT2D eigenvalue weighted by molar-refractivity contribution is 0.470. The van der Waals surface area contributed by atoms with E-state index in [-0.39, 0.29) is 24.0 Å². The summed E-state index contributed by atoms with van der Waals surface area (Å²) < 4.78 is 1.90. The average Bonchev–Trinajstić information content (AvgIpc) is 2.75. The summed E-state index contributed by atoms with van der Waals surface area (Å²) in [5.41, 5.74) is 2.44. The highest BCUT2D eigenvalue weighted by atomic mass is 127. The Balaban J connectivity index is 0.00000441. The molecule has 0 aliphatic carbocycles. The maximum atomic E-state index is 4.69. The minimum Gasteiger partial charge on any atom is -0.357 e. The second-order valence-corrected chi connectivity index (χ2v) is 6.31. The molecular weight excluding hydrogens is 389 g/mol. The first-order valence-electron chi connectivity index (χ1n) is 7.87. The molecule has 0 amide bonds. The van der Waals surface area contributed by atoms with Crippen LogP contribution in [0, 0.1) is 5.92 Å². The van der Waals surface area contributed by atoms with Crippen molar-refractivity contribution in [3.63, 3.8) is 0 Å². The van der Waals surface area contributed by atoms with E-state index in [4.69, 9.17) is 4.99 Å². The minimum absolute atomic E-state index is 0. The Morgan fingerprint density at radius 3 is 2.50 bits per heavy atom. The van der Waals surface area contributed by atoms with E-state index >= 15 is 0 Å². The third-order valence-corrected chi connectivity index (χ3v) is 3.19. The fourth-order valence-electron chi connectivity index (χ4n) is 2.23. The van der Waals surface area contributed by atoms with E-state index in [0.29, 0.717) is 11.8 Å². The second kappa shape index (κ2) is 10.1. The molecule has 1 rings (SSSR count). The van der Waals surface area contributed by atoms with Crippen LogP contribution in [0.25, 0.3) is 0 Å². The number of halogens is 1. The van der Waals surface area contributed by atoms with E-state index in [1.54, 1.807) is 0 Å². The van der Waals surface area contributed by atoms with E-state index in [1.165, 1.54) is 11.3 Å². The Bertz CT molecular complexity index is 465. The monoisotopic (exact) mass is 421 g/mol. The summed E-state index contributed by atoms with van der Waals surface area (Å²) >= 11 is 0. The molecule has 1 heterocycles. The van der Waals surface area contributed by atoms with Gasteiger partial charge in [0.05, 0.1) is 5.69 Å². The van der Waals surface area contributed by atoms with E-state index < -0.39 is 0 Å². The molecule has 0 saturated carbocycles. The summed E-state index contributed by atoms with van der Waals surface area (Å²) in [6.07, 6.45) is 2.11. The SMILES string of the molecule is CCNC(=NCC(C)C)N(C)Cc1cn(C)nc1C(C)C.I. The van der Waals surface area contributed by atoms with Crippen molar-refractivity contribution in [2.75, 3.05) is 20.1 Å². The molecule has 1 N–H and O–H groups in total. The van der Waals surface area contributed by atoms with Crippen LogP contribution in [0.3, 0.4) is 0 Å². The molecule has 0 aliphatic rings. The van der Waals surface area contributed by atoms with Crippen molar-refractivity contribution < 1.29 is 0 Å². The van der Waals surface area contributed by atoms with Crippen molar-refractivity contribution in [2.45, 2.75) is 47.1 Å². The number of rotatable bonds is 6. The van der Waals surface area contributed by atoms with Gasteiger partial charge in [0.15, 0.2) is 5.96 Å². The zero-order valence-electron chi connectivity index (χ0n) is 15.1. The molecule has 0 aromatic carbocycles. The number of nitrogens with one attached hydrogen (secondary N) is 1. The first-order chi connectivity index (χ1) is 9.85. The normalized spacial score (nSPS) is 11.8. The van der Waals surface area contributed by atoms with Crippen LogP contribution in [0.15, 0.2) is 11.2 Å². The van der Waals surface area contributed by atoms with Gasteiger partial charge in [0.2, 0.25) is 0 Å². The summed E-state index contributed by atoms with van der Waals surface area (Å²) in [6.45, 7) is 13.4. The van der Waals surface area contributed by atoms with Gasteiger partial charge in [0.25, 0.3) is 0 Å². The first kappa shape index (κ1) is 21.2. The van der Waals surface area contributed by atoms with Crippen molar-refractivity contribution in [2.24, 2.45) is 18.0 Å². The Morgan fingerprint density at radius 2 is 2.00 bits per heavy atom. The lowest BCUT2D eigenvalue weighted by Gasteiger charge is -2.22. The summed E-state index contributed by atoms with van der Waals surface area (Å²) in [4.78, 5) is 6.87. The second-order valence-electron chi connectivity index (χ2n) is 6.31. The van der Waals surface area contributed by atoms with Crippen molar-refractivity contribution in [3.8, 4) is 0 Å². The van der Waals surface area contributed by atoms with E-state index in [0.717, 1.165) is 25.6 Å². The third-order valence-electron chi connectivity index (χ3n) is 3.19. The van der Waals surface area contributed by atoms with Crippen LogP contribution in [-0.4, -0.2) is 40.8 Å². The Kier molecular flexibility index (Phi) is 9.71. The molecule has 22 heavy (non-hydrogen) atoms. The Labute approximate surface area is 152 Å². The van der Waals surface area contributed by atoms with Crippen molar-refractivity contribution in [1.82, 2.24) is 20.0 Å². The molecule has 0 aliphatic heterocycles. The maximum Gasteiger partial charge on any atom is 0.193 e. The zero-order valence-corrected chi connectivity index (χ0v) is 17.4. The molecule has 5 nitrogen and oxygen atoms in total. The van der Waals surface area contributed by atoms with Gasteiger partial charge in [-0.25, -0.2) is 0 Å². The van der Waals surface area contributed by atoms with E-state index in [2.05, 4.69) is 63.2 Å². The number of guanidine groups is 1. The summed E-state index contributed by atoms with van der Waals surface area (Å²) in [7, 11) is 4.06. The van der Waals surface area contributed by atoms with E-state index in [1.807, 2.05) is 11.7 Å². The quantitative estimate of drug-likeness (QED) is 0.436. The predicted octanol–water partition coefficient (Wildman–Crippen LogP) is 3.21. The third kappa shape index (κ3) is 6.54. The van der Waals surface area contributed by atoms with Gasteiger partial charge >= 0.3 is 0 Å². The predicted molar refractivity (Wildman–Crippen MR) is 105 cm³/mol. The van der Waals surface area contributed by atoms with Gasteiger partial charge in [-0.2, -0.15) is 5.10 Å². The molecule has 0 bridgehead atoms. The van der Waals surface area contributed by atoms with Gasteiger partial charge in [-0.15, -0.1) is 24.0 Å². The highest BCUT2D eigenvalue weighted by Gasteiger charge is 2.15. The topological polar surface area (TPSA) is 45.5 Å². The van der Waals surface area contributed by atoms with Gasteiger partial charge in [-0.1, -0.05) is 27.7 Å². The highest BCUT2D eigenvalue weighted by Crippen LogP contribution is 2.18. The lowest BCUT2D eigenvalue weighted by Crippen LogP contribution is -2.38. The van der Waals surface area contributed by atoms with Crippen LogP contribution < -0.4 is 5.32 Å². The van der Waals surface area contributed by atoms with Crippen LogP contribution >= 0.6 is 24.0 Å². The van der Waals surface area contributed by atoms with Crippen LogP contribution in [0.2, 0.25) is 0 Å². The molecule has 6 heteroatoms. The zero-order chi connectivity index (χ0) is 16.0. The lowest BCUT2D eigenvalue weighted by atomic mass is 10.1. The number of nitrogens with zero attached hydrogens (tertiary/aromatic N) is 4. The number of aliphatic imine (C=N–C) groups is 1. The van der Waals surface area contributed by atoms with Gasteiger partial charge in [-0.05, 0) is 18.8 Å². The van der Waals surface area contributed by atoms with Crippen molar-refractivity contribution in [3.05, 3.63) is 17.5 Å². The largest absolute Gasteiger partial charge is 0.357 e. The van der Waals surface area contributed by atoms with Crippen LogP contribution in [0.1, 0.15) is 51.8 Å². The van der Waals surface area contributed by atoms with Crippen LogP contribution in [0.5, 0.6) is 0 Å². The molecule has 0 fully saturated rings. The fourth-order valence-corrected chi connectivity index (χ4v) is 2.23. The summed E-state index contributed by atoms with van der Waals surface area (Å²) in [5.74, 6) is 1.96. The molecule has 0 atom stereocenters. The number of hydrogen-bond acceptors (Lipinski definition) is 2.